The largest absolute Gasteiger partial charge is 0.338 e. The lowest BCUT2D eigenvalue weighted by Gasteiger charge is -2.13. The van der Waals surface area contributed by atoms with Gasteiger partial charge in [-0.1, -0.05) is 59.4 Å². The summed E-state index contributed by atoms with van der Waals surface area (Å²) in [6.07, 6.45) is 4.29. The Hall–Kier alpha value is -3.23. The smallest absolute Gasteiger partial charge is 0.267 e. The Morgan fingerprint density at radius 3 is 2.68 bits per heavy atom. The fourth-order valence-corrected chi connectivity index (χ4v) is 6.61. The van der Waals surface area contributed by atoms with Gasteiger partial charge >= 0.3 is 0 Å². The van der Waals surface area contributed by atoms with Crippen LogP contribution in [0.15, 0.2) is 69.1 Å². The molecule has 1 aliphatic carbocycles. The molecule has 0 bridgehead atoms. The predicted octanol–water partition coefficient (Wildman–Crippen LogP) is 5.98. The molecule has 0 amide bonds. The molecule has 170 valence electrons. The van der Waals surface area contributed by atoms with Crippen molar-refractivity contribution in [3.8, 4) is 17.1 Å². The molecule has 0 saturated carbocycles. The van der Waals surface area contributed by atoms with E-state index in [1.807, 2.05) is 61.5 Å². The minimum absolute atomic E-state index is 0.00392. The fourth-order valence-electron chi connectivity index (χ4n) is 4.46. The van der Waals surface area contributed by atoms with Gasteiger partial charge in [-0.3, -0.25) is 9.36 Å². The van der Waals surface area contributed by atoms with Crippen LogP contribution in [0, 0.1) is 6.92 Å². The van der Waals surface area contributed by atoms with Crippen molar-refractivity contribution in [3.05, 3.63) is 86.8 Å². The molecule has 5 aromatic rings. The molecular weight excluding hydrogens is 464 g/mol. The number of fused-ring (bicyclic) bond motifs is 3. The van der Waals surface area contributed by atoms with Crippen LogP contribution < -0.4 is 5.56 Å². The number of para-hydroxylation sites is 1. The maximum atomic E-state index is 13.8. The van der Waals surface area contributed by atoms with E-state index < -0.39 is 0 Å². The second-order valence-corrected chi connectivity index (χ2v) is 10.4. The first-order valence-corrected chi connectivity index (χ1v) is 13.1. The summed E-state index contributed by atoms with van der Waals surface area (Å²) in [5.41, 5.74) is 4.06. The van der Waals surface area contributed by atoms with E-state index in [-0.39, 0.29) is 5.56 Å². The normalized spacial score (nSPS) is 13.3. The molecule has 3 heterocycles. The average Bonchev–Trinajstić information content (AvgIpc) is 3.48. The van der Waals surface area contributed by atoms with Crippen LogP contribution in [-0.2, 0) is 18.6 Å². The topological polar surface area (TPSA) is 73.8 Å². The van der Waals surface area contributed by atoms with E-state index in [1.54, 1.807) is 15.9 Å². The number of hydrogen-bond donors (Lipinski definition) is 0. The van der Waals surface area contributed by atoms with Crippen LogP contribution in [0.1, 0.15) is 34.7 Å². The van der Waals surface area contributed by atoms with Crippen LogP contribution in [0.3, 0.4) is 0 Å². The van der Waals surface area contributed by atoms with Gasteiger partial charge in [0.05, 0.1) is 16.8 Å². The number of rotatable bonds is 5. The first-order valence-electron chi connectivity index (χ1n) is 11.3. The SMILES string of the molecule is Cc1ccccc1-c1noc(CSc2nc3sc4c(c3c(=O)n2-c2ccccc2)CCCC4)n1. The van der Waals surface area contributed by atoms with E-state index in [0.29, 0.717) is 22.6 Å². The van der Waals surface area contributed by atoms with Gasteiger partial charge in [0.2, 0.25) is 11.7 Å². The van der Waals surface area contributed by atoms with E-state index in [9.17, 15) is 4.79 Å². The van der Waals surface area contributed by atoms with Gasteiger partial charge in [-0.15, -0.1) is 11.3 Å². The first kappa shape index (κ1) is 21.3. The molecule has 6 rings (SSSR count). The molecule has 0 N–H and O–H groups in total. The summed E-state index contributed by atoms with van der Waals surface area (Å²) in [4.78, 5) is 25.5. The Balaban J connectivity index is 1.40. The van der Waals surface area contributed by atoms with Gasteiger partial charge in [0, 0.05) is 10.4 Å². The quantitative estimate of drug-likeness (QED) is 0.225. The van der Waals surface area contributed by atoms with E-state index in [4.69, 9.17) is 9.51 Å². The van der Waals surface area contributed by atoms with Gasteiger partial charge in [-0.05, 0) is 55.9 Å². The van der Waals surface area contributed by atoms with Gasteiger partial charge < -0.3 is 4.52 Å². The minimum atomic E-state index is 0.00392. The average molecular weight is 487 g/mol. The third-order valence-electron chi connectivity index (χ3n) is 6.15. The van der Waals surface area contributed by atoms with Crippen molar-refractivity contribution in [2.24, 2.45) is 0 Å². The Bertz CT molecular complexity index is 1550. The van der Waals surface area contributed by atoms with Gasteiger partial charge in [0.25, 0.3) is 5.56 Å². The lowest BCUT2D eigenvalue weighted by atomic mass is 9.97. The van der Waals surface area contributed by atoms with Crippen molar-refractivity contribution in [1.82, 2.24) is 19.7 Å². The summed E-state index contributed by atoms with van der Waals surface area (Å²) >= 11 is 3.11. The lowest BCUT2D eigenvalue weighted by molar-refractivity contribution is 0.391. The number of benzene rings is 2. The molecule has 0 unspecified atom stereocenters. The van der Waals surface area contributed by atoms with Crippen LogP contribution in [0.2, 0.25) is 0 Å². The standard InChI is InChI=1S/C26H22N4O2S2/c1-16-9-5-6-12-18(16)23-27-21(32-29-23)15-33-26-28-24-22(19-13-7-8-14-20(19)34-24)25(31)30(26)17-10-3-2-4-11-17/h2-6,9-12H,7-8,13-15H2,1H3. The number of thioether (sulfide) groups is 1. The minimum Gasteiger partial charge on any atom is -0.338 e. The second-order valence-electron chi connectivity index (χ2n) is 8.38. The Morgan fingerprint density at radius 2 is 1.82 bits per heavy atom. The second kappa shape index (κ2) is 8.85. The third-order valence-corrected chi connectivity index (χ3v) is 8.26. The van der Waals surface area contributed by atoms with Gasteiger partial charge in [-0.2, -0.15) is 4.98 Å². The molecule has 0 spiro atoms. The number of nitrogens with zero attached hydrogens (tertiary/aromatic N) is 4. The summed E-state index contributed by atoms with van der Waals surface area (Å²) in [6.45, 7) is 2.03. The van der Waals surface area contributed by atoms with Gasteiger partial charge in [-0.25, -0.2) is 4.98 Å². The molecule has 0 aliphatic heterocycles. The van der Waals surface area contributed by atoms with Gasteiger partial charge in [0.15, 0.2) is 5.16 Å². The molecule has 0 atom stereocenters. The molecule has 2 aromatic carbocycles. The molecule has 1 aliphatic rings. The Labute approximate surface area is 204 Å². The summed E-state index contributed by atoms with van der Waals surface area (Å²) in [5, 5.41) is 5.59. The lowest BCUT2D eigenvalue weighted by Crippen LogP contribution is -2.22. The summed E-state index contributed by atoms with van der Waals surface area (Å²) < 4.78 is 7.26. The number of thiophene rings is 1. The molecule has 8 heteroatoms. The Kier molecular flexibility index (Phi) is 5.55. The Morgan fingerprint density at radius 1 is 1.03 bits per heavy atom. The fraction of sp³-hybridized carbons (Fsp3) is 0.231. The molecule has 6 nitrogen and oxygen atoms in total. The highest BCUT2D eigenvalue weighted by molar-refractivity contribution is 7.98. The maximum absolute atomic E-state index is 13.8. The maximum Gasteiger partial charge on any atom is 0.267 e. The molecule has 3 aromatic heterocycles. The highest BCUT2D eigenvalue weighted by Gasteiger charge is 2.23. The van der Waals surface area contributed by atoms with Crippen molar-refractivity contribution in [2.45, 2.75) is 43.5 Å². The van der Waals surface area contributed by atoms with Crippen molar-refractivity contribution in [3.63, 3.8) is 0 Å². The summed E-state index contributed by atoms with van der Waals surface area (Å²) in [7, 11) is 0. The summed E-state index contributed by atoms with van der Waals surface area (Å²) in [5.74, 6) is 1.50. The molecule has 34 heavy (non-hydrogen) atoms. The number of aromatic nitrogens is 4. The van der Waals surface area contributed by atoms with Crippen LogP contribution in [0.4, 0.5) is 0 Å². The predicted molar refractivity (Wildman–Crippen MR) is 136 cm³/mol. The van der Waals surface area contributed by atoms with Crippen LogP contribution in [0.5, 0.6) is 0 Å². The molecular formula is C26H22N4O2S2. The number of aryl methyl sites for hydroxylation is 3. The zero-order valence-corrected chi connectivity index (χ0v) is 20.3. The first-order chi connectivity index (χ1) is 16.7. The zero-order valence-electron chi connectivity index (χ0n) is 18.7. The third kappa shape index (κ3) is 3.76. The van der Waals surface area contributed by atoms with Crippen molar-refractivity contribution < 1.29 is 4.52 Å². The van der Waals surface area contributed by atoms with Crippen LogP contribution in [0.25, 0.3) is 27.3 Å². The summed E-state index contributed by atoms with van der Waals surface area (Å²) in [6, 6.07) is 17.7. The highest BCUT2D eigenvalue weighted by Crippen LogP contribution is 2.35. The monoisotopic (exact) mass is 486 g/mol. The zero-order chi connectivity index (χ0) is 23.1. The molecule has 0 fully saturated rings. The van der Waals surface area contributed by atoms with Crippen molar-refractivity contribution in [1.29, 1.82) is 0 Å². The van der Waals surface area contributed by atoms with Crippen molar-refractivity contribution in [2.75, 3.05) is 0 Å². The van der Waals surface area contributed by atoms with E-state index in [2.05, 4.69) is 10.1 Å². The van der Waals surface area contributed by atoms with E-state index in [1.165, 1.54) is 28.6 Å². The highest BCUT2D eigenvalue weighted by atomic mass is 32.2. The molecule has 0 radical (unpaired) electrons. The van der Waals surface area contributed by atoms with Crippen LogP contribution in [-0.4, -0.2) is 19.7 Å². The van der Waals surface area contributed by atoms with E-state index >= 15 is 0 Å². The van der Waals surface area contributed by atoms with Crippen LogP contribution >= 0.6 is 23.1 Å². The van der Waals surface area contributed by atoms with E-state index in [0.717, 1.165) is 46.3 Å². The molecule has 0 saturated heterocycles. The van der Waals surface area contributed by atoms with Crippen molar-refractivity contribution >= 4 is 33.3 Å². The number of hydrogen-bond acceptors (Lipinski definition) is 7. The van der Waals surface area contributed by atoms with Gasteiger partial charge in [0.1, 0.15) is 4.83 Å².